The van der Waals surface area contributed by atoms with Gasteiger partial charge in [0.1, 0.15) is 5.69 Å². The molecule has 6 heteroatoms. The van der Waals surface area contributed by atoms with Crippen molar-refractivity contribution in [2.45, 2.75) is 6.92 Å². The second-order valence-corrected chi connectivity index (χ2v) is 6.14. The second-order valence-electron chi connectivity index (χ2n) is 4.65. The van der Waals surface area contributed by atoms with Gasteiger partial charge in [-0.3, -0.25) is 9.78 Å². The Hall–Kier alpha value is -2.24. The zero-order valence-electron chi connectivity index (χ0n) is 11.7. The number of nitrogens with zero attached hydrogens (tertiary/aromatic N) is 2. The van der Waals surface area contributed by atoms with Crippen LogP contribution in [0.4, 0.5) is 5.69 Å². The van der Waals surface area contributed by atoms with Crippen LogP contribution in [0.5, 0.6) is 0 Å². The Morgan fingerprint density at radius 1 is 1.27 bits per heavy atom. The number of thiazole rings is 1. The van der Waals surface area contributed by atoms with Crippen molar-refractivity contribution in [3.63, 3.8) is 0 Å². The number of carbonyl (C=O) groups excluding carboxylic acids is 1. The number of aromatic nitrogens is 2. The highest BCUT2D eigenvalue weighted by Crippen LogP contribution is 2.24. The van der Waals surface area contributed by atoms with Gasteiger partial charge in [0.25, 0.3) is 5.91 Å². The normalized spacial score (nSPS) is 10.5. The number of nitrogens with one attached hydrogen (secondary N) is 1. The van der Waals surface area contributed by atoms with Crippen LogP contribution in [0.25, 0.3) is 11.3 Å². The molecule has 0 saturated carbocycles. The summed E-state index contributed by atoms with van der Waals surface area (Å²) < 4.78 is 0. The fourth-order valence-electron chi connectivity index (χ4n) is 1.98. The van der Waals surface area contributed by atoms with Crippen LogP contribution in [0.15, 0.2) is 48.0 Å². The molecule has 4 nitrogen and oxygen atoms in total. The van der Waals surface area contributed by atoms with E-state index in [0.29, 0.717) is 10.7 Å². The molecule has 1 amide bonds. The van der Waals surface area contributed by atoms with Crippen LogP contribution in [-0.4, -0.2) is 15.9 Å². The van der Waals surface area contributed by atoms with E-state index in [1.807, 2.05) is 36.6 Å². The Bertz CT molecular complexity index is 832. The van der Waals surface area contributed by atoms with Gasteiger partial charge in [0.15, 0.2) is 0 Å². The molecule has 22 heavy (non-hydrogen) atoms. The summed E-state index contributed by atoms with van der Waals surface area (Å²) in [4.78, 5) is 20.6. The minimum atomic E-state index is -0.297. The van der Waals surface area contributed by atoms with E-state index in [-0.39, 0.29) is 11.6 Å². The molecule has 0 saturated heterocycles. The largest absolute Gasteiger partial charge is 0.321 e. The van der Waals surface area contributed by atoms with E-state index >= 15 is 0 Å². The Kier molecular flexibility index (Phi) is 4.18. The quantitative estimate of drug-likeness (QED) is 0.774. The maximum atomic E-state index is 12.2. The highest BCUT2D eigenvalue weighted by Gasteiger charge is 2.09. The molecule has 0 fully saturated rings. The number of benzene rings is 1. The number of anilines is 1. The molecule has 2 aromatic heterocycles. The summed E-state index contributed by atoms with van der Waals surface area (Å²) in [5.74, 6) is -0.297. The summed E-state index contributed by atoms with van der Waals surface area (Å²) in [5.41, 5.74) is 2.83. The first-order chi connectivity index (χ1) is 10.6. The van der Waals surface area contributed by atoms with Crippen LogP contribution in [0.2, 0.25) is 5.02 Å². The van der Waals surface area contributed by atoms with Crippen LogP contribution in [0, 0.1) is 6.92 Å². The Balaban J connectivity index is 1.82. The summed E-state index contributed by atoms with van der Waals surface area (Å²) in [6, 6.07) is 10.7. The van der Waals surface area contributed by atoms with E-state index in [4.69, 9.17) is 11.6 Å². The van der Waals surface area contributed by atoms with Gasteiger partial charge in [0.2, 0.25) is 0 Å². The van der Waals surface area contributed by atoms with Crippen molar-refractivity contribution >= 4 is 34.5 Å². The molecule has 0 unspecified atom stereocenters. The molecule has 2 heterocycles. The number of carbonyl (C=O) groups is 1. The molecule has 0 radical (unpaired) electrons. The lowest BCUT2D eigenvalue weighted by atomic mass is 10.1. The van der Waals surface area contributed by atoms with Crippen molar-refractivity contribution in [2.24, 2.45) is 0 Å². The smallest absolute Gasteiger partial charge is 0.274 e. The third-order valence-electron chi connectivity index (χ3n) is 2.99. The number of hydrogen-bond donors (Lipinski definition) is 1. The van der Waals surface area contributed by atoms with Crippen molar-refractivity contribution in [2.75, 3.05) is 5.32 Å². The third kappa shape index (κ3) is 3.32. The van der Waals surface area contributed by atoms with Gasteiger partial charge in [-0.15, -0.1) is 11.3 Å². The standard InChI is InChI=1S/C16H12ClN3OS/c1-10-19-15(9-22-10)11-3-2-4-13(7-11)20-16(21)14-8-12(17)5-6-18-14/h2-9H,1H3,(H,20,21). The molecular weight excluding hydrogens is 318 g/mol. The molecule has 1 N–H and O–H groups in total. The monoisotopic (exact) mass is 329 g/mol. The second kappa shape index (κ2) is 6.25. The number of pyridine rings is 1. The topological polar surface area (TPSA) is 54.9 Å². The number of rotatable bonds is 3. The number of aryl methyl sites for hydroxylation is 1. The third-order valence-corrected chi connectivity index (χ3v) is 4.00. The molecule has 0 atom stereocenters. The molecule has 110 valence electrons. The van der Waals surface area contributed by atoms with E-state index in [2.05, 4.69) is 15.3 Å². The van der Waals surface area contributed by atoms with Gasteiger partial charge in [0, 0.05) is 27.9 Å². The van der Waals surface area contributed by atoms with E-state index in [1.165, 1.54) is 12.3 Å². The van der Waals surface area contributed by atoms with Gasteiger partial charge in [-0.1, -0.05) is 23.7 Å². The van der Waals surface area contributed by atoms with Crippen molar-refractivity contribution in [1.82, 2.24) is 9.97 Å². The van der Waals surface area contributed by atoms with Gasteiger partial charge in [-0.05, 0) is 31.2 Å². The minimum absolute atomic E-state index is 0.280. The van der Waals surface area contributed by atoms with Crippen LogP contribution in [0.1, 0.15) is 15.5 Å². The Labute approximate surface area is 136 Å². The van der Waals surface area contributed by atoms with Gasteiger partial charge in [-0.2, -0.15) is 0 Å². The average Bonchev–Trinajstić information content (AvgIpc) is 2.94. The highest BCUT2D eigenvalue weighted by molar-refractivity contribution is 7.09. The van der Waals surface area contributed by atoms with Crippen molar-refractivity contribution < 1.29 is 4.79 Å². The summed E-state index contributed by atoms with van der Waals surface area (Å²) in [6.07, 6.45) is 1.51. The van der Waals surface area contributed by atoms with Crippen LogP contribution < -0.4 is 5.32 Å². The van der Waals surface area contributed by atoms with E-state index < -0.39 is 0 Å². The lowest BCUT2D eigenvalue weighted by molar-refractivity contribution is 0.102. The van der Waals surface area contributed by atoms with Crippen LogP contribution in [-0.2, 0) is 0 Å². The summed E-state index contributed by atoms with van der Waals surface area (Å²) in [5, 5.41) is 6.30. The summed E-state index contributed by atoms with van der Waals surface area (Å²) in [7, 11) is 0. The SMILES string of the molecule is Cc1nc(-c2cccc(NC(=O)c3cc(Cl)ccn3)c2)cs1. The highest BCUT2D eigenvalue weighted by atomic mass is 35.5. The van der Waals surface area contributed by atoms with Crippen LogP contribution >= 0.6 is 22.9 Å². The molecule has 3 aromatic rings. The van der Waals surface area contributed by atoms with Gasteiger partial charge >= 0.3 is 0 Å². The number of hydrogen-bond acceptors (Lipinski definition) is 4. The van der Waals surface area contributed by atoms with Gasteiger partial charge in [-0.25, -0.2) is 4.98 Å². The lowest BCUT2D eigenvalue weighted by Crippen LogP contribution is -2.13. The van der Waals surface area contributed by atoms with E-state index in [1.54, 1.807) is 17.4 Å². The van der Waals surface area contributed by atoms with Crippen LogP contribution in [0.3, 0.4) is 0 Å². The van der Waals surface area contributed by atoms with Crippen molar-refractivity contribution in [3.05, 3.63) is 63.7 Å². The fraction of sp³-hybridized carbons (Fsp3) is 0.0625. The maximum Gasteiger partial charge on any atom is 0.274 e. The fourth-order valence-corrected chi connectivity index (χ4v) is 2.76. The summed E-state index contributed by atoms with van der Waals surface area (Å²) >= 11 is 7.47. The molecule has 0 spiro atoms. The van der Waals surface area contributed by atoms with Crippen molar-refractivity contribution in [1.29, 1.82) is 0 Å². The Morgan fingerprint density at radius 3 is 2.86 bits per heavy atom. The first-order valence-corrected chi connectivity index (χ1v) is 7.83. The molecule has 1 aromatic carbocycles. The van der Waals surface area contributed by atoms with E-state index in [0.717, 1.165) is 16.3 Å². The molecule has 0 bridgehead atoms. The average molecular weight is 330 g/mol. The molecular formula is C16H12ClN3OS. The maximum absolute atomic E-state index is 12.2. The van der Waals surface area contributed by atoms with E-state index in [9.17, 15) is 4.79 Å². The molecule has 0 aliphatic carbocycles. The molecule has 0 aliphatic rings. The molecule has 0 aliphatic heterocycles. The van der Waals surface area contributed by atoms with Gasteiger partial charge in [0.05, 0.1) is 10.7 Å². The minimum Gasteiger partial charge on any atom is -0.321 e. The lowest BCUT2D eigenvalue weighted by Gasteiger charge is -2.06. The zero-order chi connectivity index (χ0) is 15.5. The molecule has 3 rings (SSSR count). The van der Waals surface area contributed by atoms with Gasteiger partial charge < -0.3 is 5.32 Å². The Morgan fingerprint density at radius 2 is 2.14 bits per heavy atom. The van der Waals surface area contributed by atoms with Crippen molar-refractivity contribution in [3.8, 4) is 11.3 Å². The number of amides is 1. The first kappa shape index (κ1) is 14.7. The zero-order valence-corrected chi connectivity index (χ0v) is 13.3. The number of halogens is 1. The predicted octanol–water partition coefficient (Wildman–Crippen LogP) is 4.42. The predicted molar refractivity (Wildman–Crippen MR) is 89.5 cm³/mol. The first-order valence-electron chi connectivity index (χ1n) is 6.57. The summed E-state index contributed by atoms with van der Waals surface area (Å²) in [6.45, 7) is 1.96.